The summed E-state index contributed by atoms with van der Waals surface area (Å²) in [5.74, 6) is 0.148. The van der Waals surface area contributed by atoms with Gasteiger partial charge >= 0.3 is 6.03 Å². The van der Waals surface area contributed by atoms with E-state index in [0.717, 1.165) is 40.3 Å². The molecule has 0 radical (unpaired) electrons. The van der Waals surface area contributed by atoms with E-state index < -0.39 is 17.5 Å². The molecule has 170 valence electrons. The highest BCUT2D eigenvalue weighted by molar-refractivity contribution is 7.16. The van der Waals surface area contributed by atoms with Crippen molar-refractivity contribution in [3.05, 3.63) is 35.2 Å². The number of hydrogen-bond donors (Lipinski definition) is 2. The topological polar surface area (TPSA) is 91.4 Å². The number of nitrogens with one attached hydrogen (secondary N) is 2. The molecule has 1 aromatic heterocycles. The molecule has 4 rings (SSSR count). The number of aromatic nitrogens is 1. The maximum atomic E-state index is 13.1. The minimum Gasteiger partial charge on any atom is -0.323 e. The van der Waals surface area contributed by atoms with Gasteiger partial charge in [-0.1, -0.05) is 57.5 Å². The van der Waals surface area contributed by atoms with E-state index in [9.17, 15) is 14.4 Å². The molecule has 2 N–H and O–H groups in total. The quantitative estimate of drug-likeness (QED) is 0.616. The van der Waals surface area contributed by atoms with Gasteiger partial charge in [0.1, 0.15) is 12.1 Å². The number of thiazole rings is 1. The van der Waals surface area contributed by atoms with Gasteiger partial charge in [0.15, 0.2) is 5.13 Å². The second-order valence-electron chi connectivity index (χ2n) is 9.06. The van der Waals surface area contributed by atoms with Gasteiger partial charge in [-0.2, -0.15) is 0 Å². The van der Waals surface area contributed by atoms with Gasteiger partial charge in [-0.25, -0.2) is 9.78 Å². The average Bonchev–Trinajstić information content (AvgIpc) is 3.30. The maximum absolute atomic E-state index is 13.1. The summed E-state index contributed by atoms with van der Waals surface area (Å²) in [7, 11) is 0. The molecule has 8 heteroatoms. The molecule has 1 spiro atoms. The van der Waals surface area contributed by atoms with Crippen molar-refractivity contribution in [1.82, 2.24) is 15.2 Å². The Kier molecular flexibility index (Phi) is 6.33. The normalized spacial score (nSPS) is 23.1. The van der Waals surface area contributed by atoms with E-state index in [2.05, 4.69) is 36.4 Å². The van der Waals surface area contributed by atoms with Crippen molar-refractivity contribution in [1.29, 1.82) is 0 Å². The standard InChI is InChI=1S/C24H30N4O3S/c1-4-16-10-12-24(13-11-16)21(30)28(23(31)27-24)14-18(29)25-22-26-19(20(32-22)15(2)3)17-8-6-5-7-9-17/h5-9,15-16H,4,10-14H2,1-3H3,(H,27,31)(H,25,26,29). The summed E-state index contributed by atoms with van der Waals surface area (Å²) in [6.07, 6.45) is 4.20. The van der Waals surface area contributed by atoms with Gasteiger partial charge in [0.2, 0.25) is 5.91 Å². The molecule has 1 saturated carbocycles. The van der Waals surface area contributed by atoms with E-state index in [1.165, 1.54) is 11.3 Å². The van der Waals surface area contributed by atoms with Crippen LogP contribution in [0.25, 0.3) is 11.3 Å². The molecule has 2 heterocycles. The summed E-state index contributed by atoms with van der Waals surface area (Å²) in [5.41, 5.74) is 1.00. The molecule has 4 amide bonds. The predicted octanol–water partition coefficient (Wildman–Crippen LogP) is 4.76. The first-order valence-corrected chi connectivity index (χ1v) is 12.1. The molecular weight excluding hydrogens is 424 g/mol. The fourth-order valence-electron chi connectivity index (χ4n) is 4.62. The smallest absolute Gasteiger partial charge is 0.323 e. The second kappa shape index (κ2) is 9.02. The van der Waals surface area contributed by atoms with Crippen molar-refractivity contribution >= 4 is 34.3 Å². The lowest BCUT2D eigenvalue weighted by Crippen LogP contribution is -2.49. The Bertz CT molecular complexity index is 1010. The number of carbonyl (C=O) groups is 3. The van der Waals surface area contributed by atoms with Crippen molar-refractivity contribution in [3.63, 3.8) is 0 Å². The van der Waals surface area contributed by atoms with E-state index >= 15 is 0 Å². The summed E-state index contributed by atoms with van der Waals surface area (Å²) < 4.78 is 0. The van der Waals surface area contributed by atoms with Crippen LogP contribution in [0.1, 0.15) is 63.7 Å². The van der Waals surface area contributed by atoms with Crippen LogP contribution in [-0.4, -0.2) is 39.8 Å². The number of hydrogen-bond acceptors (Lipinski definition) is 5. The van der Waals surface area contributed by atoms with Crippen LogP contribution in [0, 0.1) is 5.92 Å². The monoisotopic (exact) mass is 454 g/mol. The predicted molar refractivity (Wildman–Crippen MR) is 125 cm³/mol. The third-order valence-corrected chi connectivity index (χ3v) is 7.83. The van der Waals surface area contributed by atoms with Crippen LogP contribution in [0.3, 0.4) is 0 Å². The number of benzene rings is 1. The molecule has 1 saturated heterocycles. The fraction of sp³-hybridized carbons (Fsp3) is 0.500. The lowest BCUT2D eigenvalue weighted by Gasteiger charge is -2.34. The van der Waals surface area contributed by atoms with Crippen LogP contribution in [0.5, 0.6) is 0 Å². The minimum atomic E-state index is -0.838. The Morgan fingerprint density at radius 2 is 1.94 bits per heavy atom. The number of urea groups is 1. The molecule has 1 aromatic carbocycles. The van der Waals surface area contributed by atoms with Crippen LogP contribution >= 0.6 is 11.3 Å². The number of amides is 4. The van der Waals surface area contributed by atoms with E-state index in [0.29, 0.717) is 23.9 Å². The Morgan fingerprint density at radius 3 is 2.56 bits per heavy atom. The Morgan fingerprint density at radius 1 is 1.25 bits per heavy atom. The van der Waals surface area contributed by atoms with Crippen LogP contribution in [0.2, 0.25) is 0 Å². The Balaban J connectivity index is 1.45. The summed E-state index contributed by atoms with van der Waals surface area (Å²) in [6, 6.07) is 9.37. The third-order valence-electron chi connectivity index (χ3n) is 6.56. The number of rotatable bonds is 6. The van der Waals surface area contributed by atoms with Crippen molar-refractivity contribution in [2.45, 2.75) is 64.3 Å². The second-order valence-corrected chi connectivity index (χ2v) is 10.1. The van der Waals surface area contributed by atoms with Gasteiger partial charge < -0.3 is 10.6 Å². The molecule has 7 nitrogen and oxygen atoms in total. The number of anilines is 1. The number of imide groups is 1. The minimum absolute atomic E-state index is 0.248. The molecule has 0 atom stereocenters. The molecule has 0 unspecified atom stereocenters. The first-order chi connectivity index (χ1) is 15.3. The van der Waals surface area contributed by atoms with Gasteiger partial charge in [-0.05, 0) is 37.5 Å². The highest BCUT2D eigenvalue weighted by Gasteiger charge is 2.52. The fourth-order valence-corrected chi connectivity index (χ4v) is 5.63. The molecule has 2 fully saturated rings. The van der Waals surface area contributed by atoms with E-state index in [1.54, 1.807) is 0 Å². The highest BCUT2D eigenvalue weighted by atomic mass is 32.1. The van der Waals surface area contributed by atoms with Gasteiger partial charge in [0.25, 0.3) is 5.91 Å². The van der Waals surface area contributed by atoms with Crippen LogP contribution < -0.4 is 10.6 Å². The summed E-state index contributed by atoms with van der Waals surface area (Å²) in [5, 5.41) is 6.15. The zero-order chi connectivity index (χ0) is 22.9. The van der Waals surface area contributed by atoms with Gasteiger partial charge in [-0.3, -0.25) is 14.5 Å². The summed E-state index contributed by atoms with van der Waals surface area (Å²) in [6.45, 7) is 6.03. The van der Waals surface area contributed by atoms with E-state index in [-0.39, 0.29) is 18.4 Å². The van der Waals surface area contributed by atoms with Gasteiger partial charge in [0.05, 0.1) is 5.69 Å². The molecule has 32 heavy (non-hydrogen) atoms. The largest absolute Gasteiger partial charge is 0.325 e. The molecular formula is C24H30N4O3S. The lowest BCUT2D eigenvalue weighted by atomic mass is 9.75. The Labute approximate surface area is 192 Å². The molecule has 2 aliphatic rings. The van der Waals surface area contributed by atoms with Crippen molar-refractivity contribution < 1.29 is 14.4 Å². The molecule has 1 aliphatic heterocycles. The van der Waals surface area contributed by atoms with Crippen LogP contribution in [-0.2, 0) is 9.59 Å². The highest BCUT2D eigenvalue weighted by Crippen LogP contribution is 2.38. The zero-order valence-electron chi connectivity index (χ0n) is 18.8. The lowest BCUT2D eigenvalue weighted by molar-refractivity contribution is -0.135. The summed E-state index contributed by atoms with van der Waals surface area (Å²) >= 11 is 1.43. The van der Waals surface area contributed by atoms with Gasteiger partial charge in [0, 0.05) is 10.4 Å². The van der Waals surface area contributed by atoms with E-state index in [1.807, 2.05) is 30.3 Å². The van der Waals surface area contributed by atoms with Crippen molar-refractivity contribution in [2.75, 3.05) is 11.9 Å². The van der Waals surface area contributed by atoms with Crippen LogP contribution in [0.15, 0.2) is 30.3 Å². The molecule has 1 aliphatic carbocycles. The SMILES string of the molecule is CCC1CCC2(CC1)NC(=O)N(CC(=O)Nc1nc(-c3ccccc3)c(C(C)C)s1)C2=O. The molecule has 2 aromatic rings. The maximum Gasteiger partial charge on any atom is 0.325 e. The first kappa shape index (κ1) is 22.5. The average molecular weight is 455 g/mol. The van der Waals surface area contributed by atoms with Gasteiger partial charge in [-0.15, -0.1) is 11.3 Å². The van der Waals surface area contributed by atoms with E-state index in [4.69, 9.17) is 0 Å². The zero-order valence-corrected chi connectivity index (χ0v) is 19.6. The first-order valence-electron chi connectivity index (χ1n) is 11.3. The van der Waals surface area contributed by atoms with Crippen molar-refractivity contribution in [2.24, 2.45) is 5.92 Å². The third kappa shape index (κ3) is 4.28. The molecule has 0 bridgehead atoms. The number of carbonyl (C=O) groups excluding carboxylic acids is 3. The Hall–Kier alpha value is -2.74. The number of nitrogens with zero attached hydrogens (tertiary/aromatic N) is 2. The van der Waals surface area contributed by atoms with Crippen LogP contribution in [0.4, 0.5) is 9.93 Å². The van der Waals surface area contributed by atoms with Crippen molar-refractivity contribution in [3.8, 4) is 11.3 Å². The summed E-state index contributed by atoms with van der Waals surface area (Å²) in [4.78, 5) is 45.1.